The third kappa shape index (κ3) is 5.19. The second kappa shape index (κ2) is 10.0. The van der Waals surface area contributed by atoms with E-state index in [-0.39, 0.29) is 5.91 Å². The van der Waals surface area contributed by atoms with Crippen molar-refractivity contribution in [2.45, 2.75) is 13.3 Å². The van der Waals surface area contributed by atoms with Crippen molar-refractivity contribution in [1.29, 1.82) is 0 Å². The average Bonchev–Trinajstić information content (AvgIpc) is 3.02. The first kappa shape index (κ1) is 23.5. The van der Waals surface area contributed by atoms with Crippen molar-refractivity contribution in [3.05, 3.63) is 58.8 Å². The fraction of sp³-hybridized carbons (Fsp3) is 0.385. The fourth-order valence-electron chi connectivity index (χ4n) is 3.79. The van der Waals surface area contributed by atoms with Gasteiger partial charge in [-0.25, -0.2) is 4.98 Å². The van der Waals surface area contributed by atoms with Crippen LogP contribution in [0.4, 0.5) is 5.82 Å². The molecule has 3 rings (SSSR count). The molecule has 0 bridgehead atoms. The molecule has 1 aromatic carbocycles. The van der Waals surface area contributed by atoms with Gasteiger partial charge in [-0.3, -0.25) is 4.79 Å². The second-order valence-corrected chi connectivity index (χ2v) is 8.71. The minimum atomic E-state index is 0.119. The average molecular weight is 435 g/mol. The first-order valence-electron chi connectivity index (χ1n) is 10.8. The molecule has 0 saturated heterocycles. The normalized spacial score (nSPS) is 14.2. The third-order valence-corrected chi connectivity index (χ3v) is 5.88. The molecule has 0 atom stereocenters. The first-order chi connectivity index (χ1) is 15.2. The van der Waals surface area contributed by atoms with Crippen LogP contribution in [0.1, 0.15) is 30.0 Å². The SMILES string of the molecule is COc1ccc2c(c1)C(CC(=O)N(C)CCN(C)C)=C(C)/C2=C/c1ccc(N(C)C)nc1. The number of carbonyl (C=O) groups excluding carboxylic acids is 1. The van der Waals surface area contributed by atoms with Crippen molar-refractivity contribution in [3.8, 4) is 5.75 Å². The lowest BCUT2D eigenvalue weighted by Crippen LogP contribution is -2.33. The predicted octanol–water partition coefficient (Wildman–Crippen LogP) is 3.89. The number of hydrogen-bond donors (Lipinski definition) is 0. The molecule has 0 aliphatic heterocycles. The summed E-state index contributed by atoms with van der Waals surface area (Å²) in [5, 5.41) is 0. The molecule has 1 heterocycles. The topological polar surface area (TPSA) is 48.9 Å². The molecule has 0 fully saturated rings. The molecule has 0 radical (unpaired) electrons. The molecule has 0 unspecified atom stereocenters. The van der Waals surface area contributed by atoms with Crippen molar-refractivity contribution in [2.24, 2.45) is 0 Å². The number of amides is 1. The summed E-state index contributed by atoms with van der Waals surface area (Å²) in [6.45, 7) is 3.64. The summed E-state index contributed by atoms with van der Waals surface area (Å²) in [6.07, 6.45) is 4.41. The number of likely N-dealkylation sites (N-methyl/N-ethyl adjacent to an activating group) is 2. The predicted molar refractivity (Wildman–Crippen MR) is 133 cm³/mol. The Morgan fingerprint density at radius 3 is 2.38 bits per heavy atom. The van der Waals surface area contributed by atoms with Crippen molar-refractivity contribution >= 4 is 28.9 Å². The maximum absolute atomic E-state index is 13.0. The fourth-order valence-corrected chi connectivity index (χ4v) is 3.79. The molecule has 0 spiro atoms. The van der Waals surface area contributed by atoms with E-state index >= 15 is 0 Å². The van der Waals surface area contributed by atoms with Crippen LogP contribution in [0.5, 0.6) is 5.75 Å². The number of fused-ring (bicyclic) bond motifs is 1. The highest BCUT2D eigenvalue weighted by Crippen LogP contribution is 2.45. The summed E-state index contributed by atoms with van der Waals surface area (Å²) in [7, 11) is 11.5. The highest BCUT2D eigenvalue weighted by atomic mass is 16.5. The number of aromatic nitrogens is 1. The van der Waals surface area contributed by atoms with E-state index in [2.05, 4.69) is 35.0 Å². The molecule has 1 aliphatic carbocycles. The maximum atomic E-state index is 13.0. The van der Waals surface area contributed by atoms with Gasteiger partial charge in [0, 0.05) is 40.4 Å². The maximum Gasteiger partial charge on any atom is 0.226 e. The van der Waals surface area contributed by atoms with Gasteiger partial charge in [0.2, 0.25) is 5.91 Å². The molecule has 6 nitrogen and oxygen atoms in total. The molecular weight excluding hydrogens is 400 g/mol. The Balaban J connectivity index is 1.96. The summed E-state index contributed by atoms with van der Waals surface area (Å²) in [5.74, 6) is 1.83. The number of hydrogen-bond acceptors (Lipinski definition) is 5. The summed E-state index contributed by atoms with van der Waals surface area (Å²) in [5.41, 5.74) is 6.53. The molecule has 6 heteroatoms. The van der Waals surface area contributed by atoms with E-state index in [1.807, 2.05) is 69.4 Å². The number of ether oxygens (including phenoxy) is 1. The van der Waals surface area contributed by atoms with Crippen molar-refractivity contribution in [1.82, 2.24) is 14.8 Å². The molecule has 32 heavy (non-hydrogen) atoms. The summed E-state index contributed by atoms with van der Waals surface area (Å²) < 4.78 is 5.47. The number of methoxy groups -OCH3 is 1. The van der Waals surface area contributed by atoms with Crippen LogP contribution >= 0.6 is 0 Å². The van der Waals surface area contributed by atoms with E-state index in [0.29, 0.717) is 13.0 Å². The van der Waals surface area contributed by atoms with Gasteiger partial charge in [0.1, 0.15) is 11.6 Å². The van der Waals surface area contributed by atoms with Gasteiger partial charge in [0.05, 0.1) is 13.5 Å². The summed E-state index contributed by atoms with van der Waals surface area (Å²) >= 11 is 0. The van der Waals surface area contributed by atoms with Crippen LogP contribution in [0.15, 0.2) is 42.1 Å². The molecule has 1 aromatic heterocycles. The van der Waals surface area contributed by atoms with Gasteiger partial charge in [-0.15, -0.1) is 0 Å². The lowest BCUT2D eigenvalue weighted by atomic mass is 10.0. The Kier molecular flexibility index (Phi) is 7.36. The van der Waals surface area contributed by atoms with Crippen LogP contribution in [0, 0.1) is 0 Å². The largest absolute Gasteiger partial charge is 0.497 e. The zero-order valence-corrected chi connectivity index (χ0v) is 20.3. The number of nitrogens with zero attached hydrogens (tertiary/aromatic N) is 4. The van der Waals surface area contributed by atoms with E-state index in [4.69, 9.17) is 4.74 Å². The monoisotopic (exact) mass is 434 g/mol. The minimum absolute atomic E-state index is 0.119. The first-order valence-corrected chi connectivity index (χ1v) is 10.8. The van der Waals surface area contributed by atoms with Gasteiger partial charge >= 0.3 is 0 Å². The second-order valence-electron chi connectivity index (χ2n) is 8.71. The number of anilines is 1. The van der Waals surface area contributed by atoms with Gasteiger partial charge in [0.15, 0.2) is 0 Å². The molecule has 2 aromatic rings. The third-order valence-electron chi connectivity index (χ3n) is 5.88. The van der Waals surface area contributed by atoms with E-state index in [1.165, 1.54) is 0 Å². The van der Waals surface area contributed by atoms with Gasteiger partial charge in [-0.1, -0.05) is 6.07 Å². The van der Waals surface area contributed by atoms with Crippen LogP contribution in [0.2, 0.25) is 0 Å². The smallest absolute Gasteiger partial charge is 0.226 e. The minimum Gasteiger partial charge on any atom is -0.497 e. The van der Waals surface area contributed by atoms with E-state index in [1.54, 1.807) is 7.11 Å². The summed E-state index contributed by atoms with van der Waals surface area (Å²) in [6, 6.07) is 10.2. The number of carbonyl (C=O) groups is 1. The zero-order valence-electron chi connectivity index (χ0n) is 20.3. The standard InChI is InChI=1S/C26H34N4O2/c1-18-22(14-19-8-11-25(27-17-19)29(4)5)21-10-9-20(32-7)15-24(21)23(18)16-26(31)30(6)13-12-28(2)3/h8-11,14-15,17H,12-13,16H2,1-7H3/b22-14-. The lowest BCUT2D eigenvalue weighted by molar-refractivity contribution is -0.128. The molecule has 170 valence electrons. The molecule has 0 saturated carbocycles. The molecule has 1 aliphatic rings. The Labute approximate surface area is 191 Å². The van der Waals surface area contributed by atoms with Gasteiger partial charge in [-0.05, 0) is 84.8 Å². The van der Waals surface area contributed by atoms with Crippen LogP contribution in [-0.4, -0.2) is 76.1 Å². The number of benzene rings is 1. The van der Waals surface area contributed by atoms with Gasteiger partial charge < -0.3 is 19.4 Å². The lowest BCUT2D eigenvalue weighted by Gasteiger charge is -2.20. The van der Waals surface area contributed by atoms with Gasteiger partial charge in [0.25, 0.3) is 0 Å². The number of allylic oxidation sites excluding steroid dienone is 2. The molecule has 1 amide bonds. The molecule has 0 N–H and O–H groups in total. The van der Waals surface area contributed by atoms with Crippen LogP contribution in [0.3, 0.4) is 0 Å². The van der Waals surface area contributed by atoms with E-state index in [0.717, 1.165) is 51.5 Å². The Morgan fingerprint density at radius 1 is 1.03 bits per heavy atom. The van der Waals surface area contributed by atoms with Crippen molar-refractivity contribution in [3.63, 3.8) is 0 Å². The zero-order chi connectivity index (χ0) is 23.4. The molecular formula is C26H34N4O2. The summed E-state index contributed by atoms with van der Waals surface area (Å²) in [4.78, 5) is 23.4. The number of pyridine rings is 1. The van der Waals surface area contributed by atoms with Crippen LogP contribution < -0.4 is 9.64 Å². The highest BCUT2D eigenvalue weighted by molar-refractivity contribution is 6.08. The van der Waals surface area contributed by atoms with Crippen LogP contribution in [0.25, 0.3) is 17.2 Å². The number of rotatable bonds is 8. The van der Waals surface area contributed by atoms with E-state index < -0.39 is 0 Å². The highest BCUT2D eigenvalue weighted by Gasteiger charge is 2.26. The van der Waals surface area contributed by atoms with Gasteiger partial charge in [-0.2, -0.15) is 0 Å². The van der Waals surface area contributed by atoms with E-state index in [9.17, 15) is 4.79 Å². The van der Waals surface area contributed by atoms with Crippen LogP contribution in [-0.2, 0) is 4.79 Å². The Hall–Kier alpha value is -3.12. The Morgan fingerprint density at radius 2 is 1.78 bits per heavy atom. The Bertz CT molecular complexity index is 1040. The van der Waals surface area contributed by atoms with Crippen molar-refractivity contribution in [2.75, 3.05) is 60.3 Å². The quantitative estimate of drug-likeness (QED) is 0.631. The van der Waals surface area contributed by atoms with Crippen molar-refractivity contribution < 1.29 is 9.53 Å².